The van der Waals surface area contributed by atoms with Crippen LogP contribution >= 0.6 is 0 Å². The Hall–Kier alpha value is -3.61. The minimum absolute atomic E-state index is 0.0293. The lowest BCUT2D eigenvalue weighted by atomic mass is 10.1. The first kappa shape index (κ1) is 22.1. The molecule has 3 rings (SSSR count). The van der Waals surface area contributed by atoms with E-state index in [0.29, 0.717) is 36.2 Å². The molecule has 0 atom stereocenters. The van der Waals surface area contributed by atoms with Crippen LogP contribution in [0.4, 0.5) is 0 Å². The molecular formula is C24H27N3O4. The maximum absolute atomic E-state index is 12.7. The molecule has 7 heteroatoms. The molecule has 0 aliphatic carbocycles. The fourth-order valence-electron chi connectivity index (χ4n) is 3.23. The summed E-state index contributed by atoms with van der Waals surface area (Å²) >= 11 is 0. The highest BCUT2D eigenvalue weighted by Gasteiger charge is 2.18. The monoisotopic (exact) mass is 421 g/mol. The van der Waals surface area contributed by atoms with Gasteiger partial charge in [0, 0.05) is 18.5 Å². The van der Waals surface area contributed by atoms with Crippen molar-refractivity contribution < 1.29 is 18.8 Å². The third kappa shape index (κ3) is 5.94. The zero-order valence-electron chi connectivity index (χ0n) is 17.9. The van der Waals surface area contributed by atoms with Crippen LogP contribution < -0.4 is 9.47 Å². The van der Waals surface area contributed by atoms with Gasteiger partial charge in [-0.1, -0.05) is 41.6 Å². The van der Waals surface area contributed by atoms with Gasteiger partial charge in [0.2, 0.25) is 17.6 Å². The molecule has 0 fully saturated rings. The van der Waals surface area contributed by atoms with E-state index in [-0.39, 0.29) is 12.5 Å². The Morgan fingerprint density at radius 3 is 2.61 bits per heavy atom. The molecule has 1 heterocycles. The van der Waals surface area contributed by atoms with Crippen molar-refractivity contribution in [3.8, 4) is 22.9 Å². The number of carbonyl (C=O) groups is 1. The summed E-state index contributed by atoms with van der Waals surface area (Å²) in [4.78, 5) is 18.8. The van der Waals surface area contributed by atoms with Crippen molar-refractivity contribution in [3.63, 3.8) is 0 Å². The third-order valence-corrected chi connectivity index (χ3v) is 4.84. The van der Waals surface area contributed by atoms with Gasteiger partial charge in [-0.2, -0.15) is 4.98 Å². The summed E-state index contributed by atoms with van der Waals surface area (Å²) in [5.41, 5.74) is 1.96. The first-order chi connectivity index (χ1) is 15.1. The second kappa shape index (κ2) is 11.0. The van der Waals surface area contributed by atoms with E-state index in [4.69, 9.17) is 14.0 Å². The van der Waals surface area contributed by atoms with E-state index in [0.717, 1.165) is 18.4 Å². The molecule has 31 heavy (non-hydrogen) atoms. The lowest BCUT2D eigenvalue weighted by Crippen LogP contribution is -2.30. The number of aromatic nitrogens is 2. The topological polar surface area (TPSA) is 77.7 Å². The smallest absolute Gasteiger partial charge is 0.246 e. The standard InChI is InChI=1S/C24H27N3O4/c1-4-15-27(23(28)12-8-11-18-9-6-5-7-10-18)17-22-25-24(26-31-22)19-13-14-20(29-2)21(16-19)30-3/h4-7,9-10,13-14,16H,1,8,11-12,15,17H2,2-3H3. The first-order valence-electron chi connectivity index (χ1n) is 10.1. The number of hydrogen-bond donors (Lipinski definition) is 0. The molecule has 0 aliphatic heterocycles. The number of benzene rings is 2. The van der Waals surface area contributed by atoms with Gasteiger partial charge in [0.15, 0.2) is 11.5 Å². The molecule has 0 spiro atoms. The van der Waals surface area contributed by atoms with Gasteiger partial charge in [0.1, 0.15) is 6.54 Å². The molecule has 0 saturated carbocycles. The minimum Gasteiger partial charge on any atom is -0.493 e. The molecular weight excluding hydrogens is 394 g/mol. The van der Waals surface area contributed by atoms with E-state index in [1.807, 2.05) is 24.3 Å². The van der Waals surface area contributed by atoms with Crippen LogP contribution in [0, 0.1) is 0 Å². The van der Waals surface area contributed by atoms with E-state index in [2.05, 4.69) is 28.9 Å². The van der Waals surface area contributed by atoms with Crippen molar-refractivity contribution in [1.82, 2.24) is 15.0 Å². The number of aryl methyl sites for hydroxylation is 1. The van der Waals surface area contributed by atoms with E-state index in [9.17, 15) is 4.79 Å². The normalized spacial score (nSPS) is 10.5. The lowest BCUT2D eigenvalue weighted by Gasteiger charge is -2.19. The Balaban J connectivity index is 1.63. The van der Waals surface area contributed by atoms with Gasteiger partial charge in [-0.3, -0.25) is 4.79 Å². The van der Waals surface area contributed by atoms with Crippen molar-refractivity contribution >= 4 is 5.91 Å². The van der Waals surface area contributed by atoms with Crippen LogP contribution in [-0.4, -0.2) is 41.7 Å². The second-order valence-electron chi connectivity index (χ2n) is 6.98. The average Bonchev–Trinajstić information content (AvgIpc) is 3.27. The molecule has 0 aliphatic rings. The Morgan fingerprint density at radius 2 is 1.90 bits per heavy atom. The van der Waals surface area contributed by atoms with E-state index in [1.165, 1.54) is 5.56 Å². The maximum atomic E-state index is 12.7. The van der Waals surface area contributed by atoms with Gasteiger partial charge in [-0.05, 0) is 36.6 Å². The van der Waals surface area contributed by atoms with Crippen LogP contribution in [0.5, 0.6) is 11.5 Å². The quantitative estimate of drug-likeness (QED) is 0.430. The highest BCUT2D eigenvalue weighted by molar-refractivity contribution is 5.76. The first-order valence-corrected chi connectivity index (χ1v) is 10.1. The van der Waals surface area contributed by atoms with Crippen LogP contribution in [0.1, 0.15) is 24.3 Å². The largest absolute Gasteiger partial charge is 0.493 e. The zero-order chi connectivity index (χ0) is 22.1. The summed E-state index contributed by atoms with van der Waals surface area (Å²) in [5.74, 6) is 2.01. The van der Waals surface area contributed by atoms with Crippen molar-refractivity contribution in [2.24, 2.45) is 0 Å². The van der Waals surface area contributed by atoms with Crippen LogP contribution in [0.25, 0.3) is 11.4 Å². The Kier molecular flexibility index (Phi) is 7.81. The number of hydrogen-bond acceptors (Lipinski definition) is 6. The molecule has 0 radical (unpaired) electrons. The summed E-state index contributed by atoms with van der Waals surface area (Å²) in [7, 11) is 3.15. The fourth-order valence-corrected chi connectivity index (χ4v) is 3.23. The summed E-state index contributed by atoms with van der Waals surface area (Å²) in [6.45, 7) is 4.40. The molecule has 3 aromatic rings. The Morgan fingerprint density at radius 1 is 1.13 bits per heavy atom. The summed E-state index contributed by atoms with van der Waals surface area (Å²) < 4.78 is 16.0. The number of nitrogens with zero attached hydrogens (tertiary/aromatic N) is 3. The summed E-state index contributed by atoms with van der Waals surface area (Å²) in [5, 5.41) is 4.05. The van der Waals surface area contributed by atoms with Crippen molar-refractivity contribution in [1.29, 1.82) is 0 Å². The molecule has 1 amide bonds. The Labute approximate surface area is 182 Å². The number of methoxy groups -OCH3 is 2. The van der Waals surface area contributed by atoms with Crippen LogP contribution in [-0.2, 0) is 17.8 Å². The van der Waals surface area contributed by atoms with Crippen LogP contribution in [0.3, 0.4) is 0 Å². The second-order valence-corrected chi connectivity index (χ2v) is 6.98. The van der Waals surface area contributed by atoms with Gasteiger partial charge in [0.25, 0.3) is 0 Å². The highest BCUT2D eigenvalue weighted by atomic mass is 16.5. The van der Waals surface area contributed by atoms with Gasteiger partial charge < -0.3 is 18.9 Å². The predicted octanol–water partition coefficient (Wildman–Crippen LogP) is 4.29. The Bertz CT molecular complexity index is 1000. The van der Waals surface area contributed by atoms with Gasteiger partial charge in [-0.25, -0.2) is 0 Å². The molecule has 162 valence electrons. The molecule has 0 saturated heterocycles. The molecule has 0 N–H and O–H groups in total. The molecule has 1 aromatic heterocycles. The lowest BCUT2D eigenvalue weighted by molar-refractivity contribution is -0.131. The van der Waals surface area contributed by atoms with Gasteiger partial charge in [-0.15, -0.1) is 6.58 Å². The molecule has 2 aromatic carbocycles. The molecule has 0 unspecified atom stereocenters. The maximum Gasteiger partial charge on any atom is 0.246 e. The number of amides is 1. The summed E-state index contributed by atoms with van der Waals surface area (Å²) in [6, 6.07) is 15.5. The summed E-state index contributed by atoms with van der Waals surface area (Å²) in [6.07, 6.45) is 3.77. The predicted molar refractivity (Wildman–Crippen MR) is 118 cm³/mol. The molecule has 0 bridgehead atoms. The number of ether oxygens (including phenoxy) is 2. The third-order valence-electron chi connectivity index (χ3n) is 4.84. The fraction of sp³-hybridized carbons (Fsp3) is 0.292. The van der Waals surface area contributed by atoms with Gasteiger partial charge in [0.05, 0.1) is 14.2 Å². The SMILES string of the molecule is C=CCN(Cc1nc(-c2ccc(OC)c(OC)c2)no1)C(=O)CCCc1ccccc1. The van der Waals surface area contributed by atoms with Crippen molar-refractivity contribution in [2.75, 3.05) is 20.8 Å². The van der Waals surface area contributed by atoms with E-state index in [1.54, 1.807) is 37.3 Å². The van der Waals surface area contributed by atoms with Crippen molar-refractivity contribution in [3.05, 3.63) is 72.6 Å². The van der Waals surface area contributed by atoms with Crippen molar-refractivity contribution in [2.45, 2.75) is 25.8 Å². The highest BCUT2D eigenvalue weighted by Crippen LogP contribution is 2.31. The van der Waals surface area contributed by atoms with Crippen LogP contribution in [0.2, 0.25) is 0 Å². The zero-order valence-corrected chi connectivity index (χ0v) is 17.9. The minimum atomic E-state index is 0.0293. The molecule has 7 nitrogen and oxygen atoms in total. The van der Waals surface area contributed by atoms with E-state index < -0.39 is 0 Å². The van der Waals surface area contributed by atoms with Gasteiger partial charge >= 0.3 is 0 Å². The number of rotatable bonds is 11. The van der Waals surface area contributed by atoms with E-state index >= 15 is 0 Å². The van der Waals surface area contributed by atoms with Crippen LogP contribution in [0.15, 0.2) is 65.7 Å². The average molecular weight is 421 g/mol. The number of carbonyl (C=O) groups excluding carboxylic acids is 1.